The highest BCUT2D eigenvalue weighted by molar-refractivity contribution is 5.94. The van der Waals surface area contributed by atoms with Gasteiger partial charge in [0.2, 0.25) is 0 Å². The van der Waals surface area contributed by atoms with Gasteiger partial charge in [-0.3, -0.25) is 10.1 Å². The van der Waals surface area contributed by atoms with Crippen LogP contribution in [-0.4, -0.2) is 45.8 Å². The number of anilines is 2. The summed E-state index contributed by atoms with van der Waals surface area (Å²) in [5.41, 5.74) is 0.636. The monoisotopic (exact) mass is 475 g/mol. The first-order chi connectivity index (χ1) is 16.1. The van der Waals surface area contributed by atoms with Crippen LogP contribution in [-0.2, 0) is 6.18 Å². The Morgan fingerprint density at radius 1 is 1.06 bits per heavy atom. The lowest BCUT2D eigenvalue weighted by atomic mass is 10.0. The second-order valence-corrected chi connectivity index (χ2v) is 8.06. The van der Waals surface area contributed by atoms with Crippen LogP contribution >= 0.6 is 0 Å². The van der Waals surface area contributed by atoms with E-state index in [9.17, 15) is 18.0 Å². The molecule has 0 aliphatic carbocycles. The van der Waals surface area contributed by atoms with Crippen molar-refractivity contribution in [2.24, 2.45) is 0 Å². The van der Waals surface area contributed by atoms with Crippen LogP contribution in [0.4, 0.5) is 24.5 Å². The maximum absolute atomic E-state index is 13.3. The van der Waals surface area contributed by atoms with E-state index in [0.29, 0.717) is 30.6 Å². The Balaban J connectivity index is 0.00000199. The summed E-state index contributed by atoms with van der Waals surface area (Å²) in [6.45, 7) is 4.50. The summed E-state index contributed by atoms with van der Waals surface area (Å²) in [4.78, 5) is 16.2. The van der Waals surface area contributed by atoms with Gasteiger partial charge in [0, 0.05) is 50.7 Å². The second kappa shape index (κ2) is 11.7. The van der Waals surface area contributed by atoms with Gasteiger partial charge in [-0.2, -0.15) is 18.4 Å². The number of halogens is 3. The fourth-order valence-corrected chi connectivity index (χ4v) is 3.74. The highest BCUT2D eigenvalue weighted by atomic mass is 19.4. The first-order valence-electron chi connectivity index (χ1n) is 11.3. The number of nitrogens with zero attached hydrogens (tertiary/aromatic N) is 3. The van der Waals surface area contributed by atoms with Crippen molar-refractivity contribution in [2.45, 2.75) is 45.1 Å². The van der Waals surface area contributed by atoms with E-state index < -0.39 is 17.3 Å². The molecule has 1 amide bonds. The molecule has 3 rings (SSSR count). The second-order valence-electron chi connectivity index (χ2n) is 8.06. The van der Waals surface area contributed by atoms with Crippen molar-refractivity contribution in [3.63, 3.8) is 0 Å². The maximum Gasteiger partial charge on any atom is 0.417 e. The van der Waals surface area contributed by atoms with E-state index in [2.05, 4.69) is 10.6 Å². The van der Waals surface area contributed by atoms with Gasteiger partial charge in [0.15, 0.2) is 0 Å². The van der Waals surface area contributed by atoms with Gasteiger partial charge in [-0.1, -0.05) is 13.8 Å². The molecule has 1 fully saturated rings. The van der Waals surface area contributed by atoms with Gasteiger partial charge >= 0.3 is 6.18 Å². The Hall–Kier alpha value is -3.25. The molecule has 9 heteroatoms. The molecule has 0 aromatic heterocycles. The minimum Gasteiger partial charge on any atom is -0.378 e. The summed E-state index contributed by atoms with van der Waals surface area (Å²) < 4.78 is 39.8. The maximum atomic E-state index is 13.3. The number of carbonyl (C=O) groups is 1. The number of likely N-dealkylation sites (N-methyl/N-ethyl adjacent to an activating group) is 1. The van der Waals surface area contributed by atoms with Gasteiger partial charge < -0.3 is 15.1 Å². The Kier molecular flexibility index (Phi) is 9.33. The quantitative estimate of drug-likeness (QED) is 0.661. The third-order valence-corrected chi connectivity index (χ3v) is 5.72. The number of alkyl halides is 3. The predicted molar refractivity (Wildman–Crippen MR) is 129 cm³/mol. The van der Waals surface area contributed by atoms with Crippen LogP contribution in [0.1, 0.15) is 48.2 Å². The van der Waals surface area contributed by atoms with Crippen molar-refractivity contribution in [3.8, 4) is 6.07 Å². The molecule has 2 atom stereocenters. The number of carbonyl (C=O) groups excluding carboxylic acids is 1. The molecule has 2 aromatic carbocycles. The van der Waals surface area contributed by atoms with Crippen LogP contribution in [0.15, 0.2) is 42.5 Å². The Labute approximate surface area is 199 Å². The topological polar surface area (TPSA) is 71.4 Å². The zero-order valence-corrected chi connectivity index (χ0v) is 20.2. The van der Waals surface area contributed by atoms with Gasteiger partial charge in [-0.15, -0.1) is 0 Å². The van der Waals surface area contributed by atoms with Gasteiger partial charge in [-0.25, -0.2) is 0 Å². The predicted octanol–water partition coefficient (Wildman–Crippen LogP) is 4.61. The largest absolute Gasteiger partial charge is 0.417 e. The van der Waals surface area contributed by atoms with Gasteiger partial charge in [-0.05, 0) is 55.3 Å². The molecule has 0 radical (unpaired) electrons. The number of hydrogen-bond donors (Lipinski definition) is 2. The number of benzene rings is 2. The van der Waals surface area contributed by atoms with Gasteiger partial charge in [0.05, 0.1) is 23.4 Å². The van der Waals surface area contributed by atoms with Crippen LogP contribution in [0.25, 0.3) is 0 Å². The fraction of sp³-hybridized carbons (Fsp3) is 0.440. The van der Waals surface area contributed by atoms with E-state index >= 15 is 0 Å². The molecular formula is C25H32F3N5O. The van der Waals surface area contributed by atoms with E-state index in [4.69, 9.17) is 5.26 Å². The fourth-order valence-electron chi connectivity index (χ4n) is 3.74. The van der Waals surface area contributed by atoms with Crippen molar-refractivity contribution in [1.29, 1.82) is 5.26 Å². The molecule has 184 valence electrons. The molecule has 1 aliphatic rings. The lowest BCUT2D eigenvalue weighted by molar-refractivity contribution is -0.137. The highest BCUT2D eigenvalue weighted by Crippen LogP contribution is 2.35. The molecule has 1 saturated heterocycles. The summed E-state index contributed by atoms with van der Waals surface area (Å²) in [6, 6.07) is 12.6. The molecule has 1 aliphatic heterocycles. The SMILES string of the molecule is CC.CN(C)c1ccc(C(=O)NC2CCC(N(C)c3ccc(C#N)c(C(F)(F)F)c3)CN2)cc1. The molecule has 2 unspecified atom stereocenters. The molecule has 2 N–H and O–H groups in total. The van der Waals surface area contributed by atoms with E-state index in [1.165, 1.54) is 12.1 Å². The molecule has 0 bridgehead atoms. The Morgan fingerprint density at radius 3 is 2.18 bits per heavy atom. The van der Waals surface area contributed by atoms with Crippen LogP contribution < -0.4 is 20.4 Å². The molecule has 0 spiro atoms. The van der Waals surface area contributed by atoms with Crippen molar-refractivity contribution in [3.05, 3.63) is 59.2 Å². The van der Waals surface area contributed by atoms with Gasteiger partial charge in [0.1, 0.15) is 0 Å². The average molecular weight is 476 g/mol. The Morgan fingerprint density at radius 2 is 1.68 bits per heavy atom. The van der Waals surface area contributed by atoms with Crippen molar-refractivity contribution in [1.82, 2.24) is 10.6 Å². The number of amides is 1. The highest BCUT2D eigenvalue weighted by Gasteiger charge is 2.34. The number of piperidine rings is 1. The van der Waals surface area contributed by atoms with Crippen LogP contribution in [0.5, 0.6) is 0 Å². The molecular weight excluding hydrogens is 443 g/mol. The van der Waals surface area contributed by atoms with Crippen molar-refractivity contribution >= 4 is 17.3 Å². The van der Waals surface area contributed by atoms with Gasteiger partial charge in [0.25, 0.3) is 5.91 Å². The molecule has 6 nitrogen and oxygen atoms in total. The summed E-state index contributed by atoms with van der Waals surface area (Å²) in [5.74, 6) is -0.179. The smallest absolute Gasteiger partial charge is 0.378 e. The summed E-state index contributed by atoms with van der Waals surface area (Å²) in [7, 11) is 5.59. The minimum absolute atomic E-state index is 0.0449. The van der Waals surface area contributed by atoms with Crippen molar-refractivity contribution < 1.29 is 18.0 Å². The first kappa shape index (κ1) is 27.0. The summed E-state index contributed by atoms with van der Waals surface area (Å²) in [5, 5.41) is 15.2. The number of hydrogen-bond acceptors (Lipinski definition) is 5. The standard InChI is InChI=1S/C23H26F3N5O.C2H6/c1-30(2)17-7-4-15(5-8-17)22(32)29-21-11-10-19(14-28-21)31(3)18-9-6-16(13-27)20(12-18)23(24,25)26;1-2/h4-9,12,19,21,28H,10-11,14H2,1-3H3,(H,29,32);1-2H3. The lowest BCUT2D eigenvalue weighted by Gasteiger charge is -2.37. The van der Waals surface area contributed by atoms with E-state index in [0.717, 1.165) is 11.8 Å². The minimum atomic E-state index is -4.59. The zero-order valence-electron chi connectivity index (χ0n) is 20.2. The lowest BCUT2D eigenvalue weighted by Crippen LogP contribution is -2.55. The number of nitriles is 1. The van der Waals surface area contributed by atoms with E-state index in [-0.39, 0.29) is 18.1 Å². The van der Waals surface area contributed by atoms with Crippen molar-refractivity contribution in [2.75, 3.05) is 37.5 Å². The van der Waals surface area contributed by atoms with E-state index in [1.54, 1.807) is 30.1 Å². The average Bonchev–Trinajstić information content (AvgIpc) is 2.84. The normalized spacial score (nSPS) is 17.6. The van der Waals surface area contributed by atoms with Crippen LogP contribution in [0.3, 0.4) is 0 Å². The Bertz CT molecular complexity index is 991. The third kappa shape index (κ3) is 6.64. The molecule has 34 heavy (non-hydrogen) atoms. The number of rotatable bonds is 5. The molecule has 2 aromatic rings. The molecule has 0 saturated carbocycles. The summed E-state index contributed by atoms with van der Waals surface area (Å²) >= 11 is 0. The molecule has 1 heterocycles. The zero-order chi connectivity index (χ0) is 25.5. The van der Waals surface area contributed by atoms with Crippen LogP contribution in [0, 0.1) is 11.3 Å². The first-order valence-corrected chi connectivity index (χ1v) is 11.3. The van der Waals surface area contributed by atoms with E-state index in [1.807, 2.05) is 45.0 Å². The number of nitrogens with one attached hydrogen (secondary N) is 2. The summed E-state index contributed by atoms with van der Waals surface area (Å²) in [6.07, 6.45) is -3.48. The van der Waals surface area contributed by atoms with Crippen LogP contribution in [0.2, 0.25) is 0 Å². The third-order valence-electron chi connectivity index (χ3n) is 5.72.